The Hall–Kier alpha value is -1.36. The van der Waals surface area contributed by atoms with Crippen molar-refractivity contribution in [2.45, 2.75) is 39.2 Å². The van der Waals surface area contributed by atoms with E-state index >= 15 is 0 Å². The molecule has 0 aliphatic carbocycles. The molecule has 1 N–H and O–H groups in total. The van der Waals surface area contributed by atoms with Crippen molar-refractivity contribution >= 4 is 5.97 Å². The number of aliphatic hydroxyl groups excluding tert-OH is 1. The molecule has 0 amide bonds. The van der Waals surface area contributed by atoms with Gasteiger partial charge in [0.2, 0.25) is 0 Å². The zero-order valence-electron chi connectivity index (χ0n) is 11.0. The van der Waals surface area contributed by atoms with E-state index in [-0.39, 0.29) is 12.0 Å². The van der Waals surface area contributed by atoms with Gasteiger partial charge in [-0.1, -0.05) is 20.8 Å². The number of esters is 1. The van der Waals surface area contributed by atoms with Gasteiger partial charge in [-0.2, -0.15) is 5.10 Å². The van der Waals surface area contributed by atoms with Crippen LogP contribution in [0.25, 0.3) is 0 Å². The summed E-state index contributed by atoms with van der Waals surface area (Å²) in [5, 5.41) is 14.2. The lowest BCUT2D eigenvalue weighted by Gasteiger charge is -2.19. The van der Waals surface area contributed by atoms with Crippen LogP contribution >= 0.6 is 0 Å². The molecule has 0 aromatic carbocycles. The first-order valence-corrected chi connectivity index (χ1v) is 5.66. The van der Waals surface area contributed by atoms with Crippen LogP contribution in [0.4, 0.5) is 0 Å². The number of carbonyl (C=O) groups excluding carboxylic acids is 1. The summed E-state index contributed by atoms with van der Waals surface area (Å²) in [5.41, 5.74) is 0.989. The van der Waals surface area contributed by atoms with Crippen LogP contribution in [0.5, 0.6) is 0 Å². The van der Waals surface area contributed by atoms with E-state index in [4.69, 9.17) is 4.74 Å². The van der Waals surface area contributed by atoms with Gasteiger partial charge in [-0.05, 0) is 6.92 Å². The molecule has 0 aliphatic heterocycles. The average Bonchev–Trinajstić information content (AvgIpc) is 2.59. The Bertz CT molecular complexity index is 404. The van der Waals surface area contributed by atoms with Crippen molar-refractivity contribution in [3.63, 3.8) is 0 Å². The molecule has 96 valence electrons. The minimum atomic E-state index is -1.27. The van der Waals surface area contributed by atoms with Gasteiger partial charge in [-0.25, -0.2) is 4.79 Å². The Morgan fingerprint density at radius 2 is 2.18 bits per heavy atom. The van der Waals surface area contributed by atoms with E-state index < -0.39 is 12.1 Å². The van der Waals surface area contributed by atoms with E-state index in [9.17, 15) is 9.90 Å². The summed E-state index contributed by atoms with van der Waals surface area (Å²) in [7, 11) is 1.76. The fraction of sp³-hybridized carbons (Fsp3) is 0.667. The van der Waals surface area contributed by atoms with E-state index in [1.165, 1.54) is 0 Å². The third-order valence-electron chi connectivity index (χ3n) is 2.37. The van der Waals surface area contributed by atoms with E-state index in [0.29, 0.717) is 11.3 Å². The summed E-state index contributed by atoms with van der Waals surface area (Å²) in [6.45, 7) is 7.91. The van der Waals surface area contributed by atoms with E-state index in [1.807, 2.05) is 20.8 Å². The van der Waals surface area contributed by atoms with Gasteiger partial charge in [0.1, 0.15) is 0 Å². The molecule has 1 aromatic rings. The maximum absolute atomic E-state index is 11.5. The second kappa shape index (κ2) is 4.87. The molecule has 0 radical (unpaired) electrons. The van der Waals surface area contributed by atoms with Gasteiger partial charge < -0.3 is 9.84 Å². The van der Waals surface area contributed by atoms with Crippen LogP contribution in [0.3, 0.4) is 0 Å². The Kier molecular flexibility index (Phi) is 3.93. The van der Waals surface area contributed by atoms with Crippen molar-refractivity contribution in [2.24, 2.45) is 7.05 Å². The predicted octanol–water partition coefficient (Wildman–Crippen LogP) is 1.31. The van der Waals surface area contributed by atoms with E-state index in [0.717, 1.165) is 0 Å². The Morgan fingerprint density at radius 3 is 2.65 bits per heavy atom. The lowest BCUT2D eigenvalue weighted by atomic mass is 9.88. The van der Waals surface area contributed by atoms with Crippen LogP contribution in [0, 0.1) is 0 Å². The molecule has 1 atom stereocenters. The Labute approximate surface area is 101 Å². The van der Waals surface area contributed by atoms with Crippen LogP contribution in [-0.4, -0.2) is 27.5 Å². The summed E-state index contributed by atoms with van der Waals surface area (Å²) >= 11 is 0. The maximum atomic E-state index is 11.5. The first kappa shape index (κ1) is 13.7. The van der Waals surface area contributed by atoms with Crippen LogP contribution in [-0.2, 0) is 22.0 Å². The fourth-order valence-corrected chi connectivity index (χ4v) is 1.64. The molecule has 0 aliphatic rings. The van der Waals surface area contributed by atoms with Crippen molar-refractivity contribution in [1.29, 1.82) is 0 Å². The predicted molar refractivity (Wildman–Crippen MR) is 63.5 cm³/mol. The van der Waals surface area contributed by atoms with Gasteiger partial charge in [0, 0.05) is 24.2 Å². The summed E-state index contributed by atoms with van der Waals surface area (Å²) < 4.78 is 6.40. The standard InChI is InChI=1S/C12H20N2O3/c1-6-17-11(16)9(15)8-7-14(5)13-10(8)12(2,3)4/h7,9,15H,6H2,1-5H3. The van der Waals surface area contributed by atoms with Crippen molar-refractivity contribution in [2.75, 3.05) is 6.61 Å². The number of rotatable bonds is 3. The molecule has 5 nitrogen and oxygen atoms in total. The Balaban J connectivity index is 3.09. The molecule has 1 unspecified atom stereocenters. The molecular formula is C12H20N2O3. The normalized spacial score (nSPS) is 13.5. The molecule has 0 saturated heterocycles. The zero-order valence-corrected chi connectivity index (χ0v) is 11.0. The molecular weight excluding hydrogens is 220 g/mol. The van der Waals surface area contributed by atoms with Crippen molar-refractivity contribution in [3.8, 4) is 0 Å². The van der Waals surface area contributed by atoms with Crippen LogP contribution in [0.15, 0.2) is 6.20 Å². The molecule has 0 spiro atoms. The minimum absolute atomic E-state index is 0.232. The largest absolute Gasteiger partial charge is 0.464 e. The lowest BCUT2D eigenvalue weighted by Crippen LogP contribution is -2.21. The van der Waals surface area contributed by atoms with Crippen molar-refractivity contribution in [1.82, 2.24) is 9.78 Å². The van der Waals surface area contributed by atoms with E-state index in [1.54, 1.807) is 24.9 Å². The molecule has 1 heterocycles. The third kappa shape index (κ3) is 3.06. The van der Waals surface area contributed by atoms with Crippen LogP contribution in [0.2, 0.25) is 0 Å². The molecule has 1 rings (SSSR count). The highest BCUT2D eigenvalue weighted by Gasteiger charge is 2.29. The molecule has 0 bridgehead atoms. The number of hydrogen-bond acceptors (Lipinski definition) is 4. The van der Waals surface area contributed by atoms with Gasteiger partial charge in [-0.3, -0.25) is 4.68 Å². The van der Waals surface area contributed by atoms with Crippen LogP contribution in [0.1, 0.15) is 45.1 Å². The third-order valence-corrected chi connectivity index (χ3v) is 2.37. The maximum Gasteiger partial charge on any atom is 0.339 e. The number of aromatic nitrogens is 2. The van der Waals surface area contributed by atoms with E-state index in [2.05, 4.69) is 5.10 Å². The first-order valence-electron chi connectivity index (χ1n) is 5.66. The average molecular weight is 240 g/mol. The van der Waals surface area contributed by atoms with Gasteiger partial charge in [0.05, 0.1) is 12.3 Å². The highest BCUT2D eigenvalue weighted by atomic mass is 16.5. The van der Waals surface area contributed by atoms with Gasteiger partial charge >= 0.3 is 5.97 Å². The number of ether oxygens (including phenoxy) is 1. The number of aliphatic hydroxyl groups is 1. The number of aryl methyl sites for hydroxylation is 1. The molecule has 0 saturated carbocycles. The second-order valence-corrected chi connectivity index (χ2v) is 5.01. The van der Waals surface area contributed by atoms with Gasteiger partial charge in [0.15, 0.2) is 6.10 Å². The topological polar surface area (TPSA) is 64.3 Å². The van der Waals surface area contributed by atoms with Crippen LogP contribution < -0.4 is 0 Å². The summed E-state index contributed by atoms with van der Waals surface area (Å²) in [6.07, 6.45) is 0.389. The quantitative estimate of drug-likeness (QED) is 0.809. The molecule has 17 heavy (non-hydrogen) atoms. The minimum Gasteiger partial charge on any atom is -0.464 e. The first-order chi connectivity index (χ1) is 7.77. The van der Waals surface area contributed by atoms with Gasteiger partial charge in [-0.15, -0.1) is 0 Å². The van der Waals surface area contributed by atoms with Gasteiger partial charge in [0.25, 0.3) is 0 Å². The summed E-state index contributed by atoms with van der Waals surface area (Å²) in [4.78, 5) is 11.5. The van der Waals surface area contributed by atoms with Crippen molar-refractivity contribution in [3.05, 3.63) is 17.5 Å². The SMILES string of the molecule is CCOC(=O)C(O)c1cn(C)nc1C(C)(C)C. The molecule has 5 heteroatoms. The smallest absolute Gasteiger partial charge is 0.339 e. The molecule has 1 aromatic heterocycles. The second-order valence-electron chi connectivity index (χ2n) is 5.01. The number of nitrogens with zero attached hydrogens (tertiary/aromatic N) is 2. The number of hydrogen-bond donors (Lipinski definition) is 1. The molecule has 0 fully saturated rings. The summed E-state index contributed by atoms with van der Waals surface area (Å²) in [5.74, 6) is -0.633. The fourth-order valence-electron chi connectivity index (χ4n) is 1.64. The zero-order chi connectivity index (χ0) is 13.2. The summed E-state index contributed by atoms with van der Waals surface area (Å²) in [6, 6.07) is 0. The highest BCUT2D eigenvalue weighted by Crippen LogP contribution is 2.28. The number of carbonyl (C=O) groups is 1. The highest BCUT2D eigenvalue weighted by molar-refractivity contribution is 5.76. The Morgan fingerprint density at radius 1 is 1.59 bits per heavy atom. The monoisotopic (exact) mass is 240 g/mol. The lowest BCUT2D eigenvalue weighted by molar-refractivity contribution is -0.153. The van der Waals surface area contributed by atoms with Crippen molar-refractivity contribution < 1.29 is 14.6 Å².